The number of rotatable bonds is 6. The number of aromatic nitrogens is 1. The molecule has 3 nitrogen and oxygen atoms in total. The summed E-state index contributed by atoms with van der Waals surface area (Å²) in [6.07, 6.45) is 28.9. The molecular weight excluding hydrogens is 751 g/mol. The average Bonchev–Trinajstić information content (AvgIpc) is 3.35. The van der Waals surface area contributed by atoms with Crippen LogP contribution in [-0.2, 0) is 12.8 Å². The number of hydrogen-bond acceptors (Lipinski definition) is 3. The van der Waals surface area contributed by atoms with Crippen molar-refractivity contribution in [1.29, 1.82) is 0 Å². The normalized spacial score (nSPS) is 19.6. The van der Waals surface area contributed by atoms with Crippen molar-refractivity contribution < 1.29 is 0 Å². The molecule has 2 heterocycles. The lowest BCUT2D eigenvalue weighted by Gasteiger charge is -2.35. The third kappa shape index (κ3) is 6.51. The van der Waals surface area contributed by atoms with E-state index in [0.29, 0.717) is 11.8 Å². The van der Waals surface area contributed by atoms with Crippen molar-refractivity contribution in [3.8, 4) is 22.3 Å². The summed E-state index contributed by atoms with van der Waals surface area (Å²) in [5.74, 6) is 0.869. The van der Waals surface area contributed by atoms with Gasteiger partial charge in [0.25, 0.3) is 0 Å². The van der Waals surface area contributed by atoms with Gasteiger partial charge in [-0.1, -0.05) is 158 Å². The van der Waals surface area contributed by atoms with Crippen LogP contribution in [0.1, 0.15) is 93.4 Å². The maximum Gasteiger partial charge on any atom is 0.145 e. The van der Waals surface area contributed by atoms with E-state index in [1.807, 2.05) is 12.4 Å². The van der Waals surface area contributed by atoms with Gasteiger partial charge in [0.2, 0.25) is 0 Å². The molecule has 0 bridgehead atoms. The highest BCUT2D eigenvalue weighted by Gasteiger charge is 2.32. The molecule has 0 fully saturated rings. The van der Waals surface area contributed by atoms with E-state index in [9.17, 15) is 0 Å². The lowest BCUT2D eigenvalue weighted by atomic mass is 9.69. The lowest BCUT2D eigenvalue weighted by Crippen LogP contribution is -2.25. The summed E-state index contributed by atoms with van der Waals surface area (Å²) in [5.41, 5.74) is 21.4. The largest absolute Gasteiger partial charge is 0.360 e. The predicted molar refractivity (Wildman–Crippen MR) is 260 cm³/mol. The number of benzene rings is 6. The van der Waals surface area contributed by atoms with Gasteiger partial charge in [0.1, 0.15) is 6.17 Å². The standard InChI is InChI=1S/C59H47N3/c1-4-17-47-43(12-1)33-54(52-22-9-7-20-50(47)52)38-24-28-40(29-25-38)57-35-58(41-30-26-39(27-31-41)56-37-60-36-46-14-3-6-19-49(46)56)62-59(61-57)45-16-11-15-42(32-45)55-34-44-13-2-5-18-48(44)51-21-8-10-23-53(51)55/h1-5,7-8,11-18,20-21,24-37,51,53,59,62H,6,9-10,19,22-23H2. The molecule has 3 heteroatoms. The Labute approximate surface area is 364 Å². The monoisotopic (exact) mass is 797 g/mol. The fourth-order valence-corrected chi connectivity index (χ4v) is 10.8. The third-order valence-electron chi connectivity index (χ3n) is 13.9. The van der Waals surface area contributed by atoms with Crippen LogP contribution in [0, 0.1) is 5.92 Å². The molecule has 1 aromatic heterocycles. The number of pyridine rings is 1. The van der Waals surface area contributed by atoms with Gasteiger partial charge >= 0.3 is 0 Å². The minimum atomic E-state index is -0.265. The van der Waals surface area contributed by atoms with Crippen molar-refractivity contribution in [1.82, 2.24) is 10.3 Å². The number of nitrogens with one attached hydrogen (secondary N) is 1. The Bertz CT molecular complexity index is 3100. The zero-order valence-corrected chi connectivity index (χ0v) is 34.8. The van der Waals surface area contributed by atoms with Gasteiger partial charge in [0, 0.05) is 29.6 Å². The van der Waals surface area contributed by atoms with Crippen LogP contribution in [0.4, 0.5) is 0 Å². The minimum Gasteiger partial charge on any atom is -0.360 e. The van der Waals surface area contributed by atoms with Crippen LogP contribution in [-0.4, -0.2) is 10.7 Å². The second kappa shape index (κ2) is 15.4. The molecule has 1 aliphatic heterocycles. The maximum atomic E-state index is 5.50. The Morgan fingerprint density at radius 1 is 0.565 bits per heavy atom. The highest BCUT2D eigenvalue weighted by molar-refractivity contribution is 6.13. The molecule has 0 amide bonds. The zero-order chi connectivity index (χ0) is 41.0. The summed E-state index contributed by atoms with van der Waals surface area (Å²) < 4.78 is 0. The predicted octanol–water partition coefficient (Wildman–Crippen LogP) is 14.2. The molecule has 4 aliphatic carbocycles. The van der Waals surface area contributed by atoms with Crippen molar-refractivity contribution in [2.45, 2.75) is 50.6 Å². The molecule has 12 rings (SSSR count). The van der Waals surface area contributed by atoms with Gasteiger partial charge in [0.05, 0.1) is 5.71 Å². The van der Waals surface area contributed by atoms with Crippen LogP contribution in [0.5, 0.6) is 0 Å². The van der Waals surface area contributed by atoms with Crippen LogP contribution in [0.15, 0.2) is 175 Å². The number of nitrogens with zero attached hydrogens (tertiary/aromatic N) is 2. The molecule has 5 aliphatic rings. The minimum absolute atomic E-state index is 0.265. The van der Waals surface area contributed by atoms with E-state index < -0.39 is 0 Å². The van der Waals surface area contributed by atoms with Gasteiger partial charge in [-0.3, -0.25) is 9.98 Å². The van der Waals surface area contributed by atoms with E-state index in [4.69, 9.17) is 4.99 Å². The zero-order valence-electron chi connectivity index (χ0n) is 34.8. The fourth-order valence-electron chi connectivity index (χ4n) is 10.8. The molecule has 1 N–H and O–H groups in total. The first-order valence-corrected chi connectivity index (χ1v) is 22.4. The molecule has 298 valence electrons. The Kier molecular flexibility index (Phi) is 9.13. The highest BCUT2D eigenvalue weighted by Crippen LogP contribution is 2.48. The molecule has 62 heavy (non-hydrogen) atoms. The molecule has 0 radical (unpaired) electrons. The van der Waals surface area contributed by atoms with Crippen molar-refractivity contribution in [3.63, 3.8) is 0 Å². The maximum absolute atomic E-state index is 5.50. The van der Waals surface area contributed by atoms with Gasteiger partial charge in [0.15, 0.2) is 0 Å². The van der Waals surface area contributed by atoms with Crippen LogP contribution >= 0.6 is 0 Å². The van der Waals surface area contributed by atoms with E-state index >= 15 is 0 Å². The number of fused-ring (bicyclic) bond motifs is 7. The molecule has 0 spiro atoms. The average molecular weight is 798 g/mol. The van der Waals surface area contributed by atoms with E-state index in [2.05, 4.69) is 186 Å². The van der Waals surface area contributed by atoms with Crippen molar-refractivity contribution in [2.24, 2.45) is 10.9 Å². The number of hydrogen-bond donors (Lipinski definition) is 1. The topological polar surface area (TPSA) is 37.3 Å². The van der Waals surface area contributed by atoms with Crippen molar-refractivity contribution in [2.75, 3.05) is 0 Å². The van der Waals surface area contributed by atoms with Crippen molar-refractivity contribution >= 4 is 46.0 Å². The van der Waals surface area contributed by atoms with E-state index in [0.717, 1.165) is 66.6 Å². The van der Waals surface area contributed by atoms with Gasteiger partial charge in [-0.15, -0.1) is 0 Å². The first kappa shape index (κ1) is 36.7. The summed E-state index contributed by atoms with van der Waals surface area (Å²) in [4.78, 5) is 10.1. The quantitative estimate of drug-likeness (QED) is 0.170. The van der Waals surface area contributed by atoms with E-state index in [1.54, 1.807) is 0 Å². The second-order valence-corrected chi connectivity index (χ2v) is 17.4. The van der Waals surface area contributed by atoms with Crippen LogP contribution in [0.25, 0.3) is 62.5 Å². The molecule has 6 aromatic carbocycles. The van der Waals surface area contributed by atoms with E-state index in [1.165, 1.54) is 77.5 Å². The molecule has 0 saturated carbocycles. The second-order valence-electron chi connectivity index (χ2n) is 17.4. The molecular formula is C59H47N3. The lowest BCUT2D eigenvalue weighted by molar-refractivity contribution is 0.531. The third-order valence-corrected chi connectivity index (χ3v) is 13.9. The smallest absolute Gasteiger partial charge is 0.145 e. The highest BCUT2D eigenvalue weighted by atomic mass is 15.1. The Balaban J connectivity index is 0.930. The van der Waals surface area contributed by atoms with Crippen LogP contribution in [0.2, 0.25) is 0 Å². The Hall–Kier alpha value is -7.10. The Morgan fingerprint density at radius 3 is 2.24 bits per heavy atom. The molecule has 7 aromatic rings. The van der Waals surface area contributed by atoms with Crippen LogP contribution in [0.3, 0.4) is 0 Å². The Morgan fingerprint density at radius 2 is 1.34 bits per heavy atom. The SMILES string of the molecule is C1=Cc2cncc(-c3ccc(C4=CC(c5ccc(-c6cc7ccccc7c7c6CCC=C7)cc5)=NC(c5cccc(C6=Cc7ccccc7C7C=CCCC67)c5)N4)cc3)c2CC1. The summed E-state index contributed by atoms with van der Waals surface area (Å²) in [7, 11) is 0. The molecule has 3 atom stereocenters. The summed E-state index contributed by atoms with van der Waals surface area (Å²) in [6, 6.07) is 47.4. The summed E-state index contributed by atoms with van der Waals surface area (Å²) in [5, 5.41) is 6.52. The van der Waals surface area contributed by atoms with Gasteiger partial charge in [-0.2, -0.15) is 0 Å². The fraction of sp³-hybridized carbons (Fsp3) is 0.153. The molecule has 0 saturated heterocycles. The first-order valence-electron chi connectivity index (χ1n) is 22.4. The number of allylic oxidation sites excluding steroid dienone is 6. The summed E-state index contributed by atoms with van der Waals surface area (Å²) >= 11 is 0. The number of aliphatic imine (C=N–C) groups is 1. The van der Waals surface area contributed by atoms with Gasteiger partial charge in [-0.05, 0) is 151 Å². The molecule has 3 unspecified atom stereocenters. The van der Waals surface area contributed by atoms with Gasteiger partial charge < -0.3 is 5.32 Å². The van der Waals surface area contributed by atoms with Crippen molar-refractivity contribution in [3.05, 3.63) is 226 Å². The van der Waals surface area contributed by atoms with E-state index in [-0.39, 0.29) is 6.17 Å². The summed E-state index contributed by atoms with van der Waals surface area (Å²) in [6.45, 7) is 0. The first-order chi connectivity index (χ1) is 30.7. The van der Waals surface area contributed by atoms with Crippen LogP contribution < -0.4 is 5.32 Å². The van der Waals surface area contributed by atoms with Gasteiger partial charge in [-0.25, -0.2) is 0 Å².